The van der Waals surface area contributed by atoms with Gasteiger partial charge in [0.25, 0.3) is 0 Å². The van der Waals surface area contributed by atoms with Gasteiger partial charge in [-0.25, -0.2) is 9.67 Å². The van der Waals surface area contributed by atoms with Gasteiger partial charge in [-0.1, -0.05) is 60.9 Å². The SMILES string of the molecule is Cc1nc2n(n1)CC(=O)NCCN(C(=O)CCc1cc(Cl)no1)CCCC(=O)N[C@@H](C)C(=O)N[C@H](Cc1ccccc1)C(=O)N[C@H]2C(C)C. The maximum absolute atomic E-state index is 13.8. The lowest BCUT2D eigenvalue weighted by Gasteiger charge is -2.27. The second kappa shape index (κ2) is 17.6. The summed E-state index contributed by atoms with van der Waals surface area (Å²) in [4.78, 5) is 72.4. The minimum absolute atomic E-state index is 0.0455. The summed E-state index contributed by atoms with van der Waals surface area (Å²) in [6.07, 6.45) is 0.944. The third-order valence-electron chi connectivity index (χ3n) is 8.03. The van der Waals surface area contributed by atoms with Crippen molar-refractivity contribution in [2.45, 2.75) is 84.5 Å². The quantitative estimate of drug-likeness (QED) is 0.296. The highest BCUT2D eigenvalue weighted by Gasteiger charge is 2.31. The summed E-state index contributed by atoms with van der Waals surface area (Å²) in [7, 11) is 0. The Bertz CT molecular complexity index is 1610. The number of carbonyl (C=O) groups is 5. The van der Waals surface area contributed by atoms with E-state index in [1.807, 2.05) is 44.2 Å². The molecule has 0 bridgehead atoms. The van der Waals surface area contributed by atoms with E-state index in [9.17, 15) is 24.0 Å². The van der Waals surface area contributed by atoms with Crippen LogP contribution in [0.2, 0.25) is 5.15 Å². The number of aryl methyl sites for hydroxylation is 2. The molecule has 1 aliphatic rings. The van der Waals surface area contributed by atoms with Gasteiger partial charge in [-0.05, 0) is 31.7 Å². The highest BCUT2D eigenvalue weighted by atomic mass is 35.5. The van der Waals surface area contributed by atoms with E-state index in [1.165, 1.54) is 4.68 Å². The van der Waals surface area contributed by atoms with E-state index < -0.39 is 29.9 Å². The number of carbonyl (C=O) groups excluding carboxylic acids is 5. The van der Waals surface area contributed by atoms with Crippen LogP contribution in [0.25, 0.3) is 0 Å². The average molecular weight is 698 g/mol. The standard InChI is InChI=1S/C33H44ClN9O6/c1-20(2)30-31-37-22(4)40-43(31)19-28(45)35-14-16-42(29(46)13-12-24-18-26(34)41-49-24)15-8-11-27(44)36-21(3)32(47)38-25(33(48)39-30)17-23-9-6-5-7-10-23/h5-7,9-10,18,20-21,25,30H,8,11-17,19H2,1-4H3,(H,35,45)(H,36,44)(H,38,47)(H,39,48)/t21-,25+,30-/m0/s1. The molecule has 1 aromatic carbocycles. The number of rotatable bonds is 6. The molecule has 3 heterocycles. The van der Waals surface area contributed by atoms with Gasteiger partial charge in [0.2, 0.25) is 29.5 Å². The summed E-state index contributed by atoms with van der Waals surface area (Å²) in [6.45, 7) is 7.47. The molecule has 4 N–H and O–H groups in total. The normalized spacial score (nSPS) is 20.5. The molecule has 2 aromatic heterocycles. The highest BCUT2D eigenvalue weighted by Crippen LogP contribution is 2.21. The molecule has 0 aliphatic carbocycles. The molecule has 3 atom stereocenters. The van der Waals surface area contributed by atoms with E-state index in [-0.39, 0.29) is 80.7 Å². The molecule has 49 heavy (non-hydrogen) atoms. The van der Waals surface area contributed by atoms with Gasteiger partial charge < -0.3 is 30.7 Å². The fourth-order valence-corrected chi connectivity index (χ4v) is 5.60. The van der Waals surface area contributed by atoms with Gasteiger partial charge in [-0.2, -0.15) is 5.10 Å². The van der Waals surface area contributed by atoms with E-state index in [1.54, 1.807) is 24.8 Å². The fraction of sp³-hybridized carbons (Fsp3) is 0.515. The molecule has 0 unspecified atom stereocenters. The molecule has 0 spiro atoms. The maximum Gasteiger partial charge on any atom is 0.243 e. The van der Waals surface area contributed by atoms with Gasteiger partial charge in [0.05, 0.1) is 6.04 Å². The van der Waals surface area contributed by atoms with Crippen LogP contribution in [0.15, 0.2) is 40.9 Å². The van der Waals surface area contributed by atoms with Crippen molar-refractivity contribution >= 4 is 41.1 Å². The number of hydrogen-bond acceptors (Lipinski definition) is 9. The zero-order valence-electron chi connectivity index (χ0n) is 28.2. The Balaban J connectivity index is 1.57. The third kappa shape index (κ3) is 11.1. The molecule has 0 saturated carbocycles. The number of hydrogen-bond donors (Lipinski definition) is 4. The van der Waals surface area contributed by atoms with E-state index in [0.29, 0.717) is 23.8 Å². The molecule has 3 aromatic rings. The number of fused-ring (bicyclic) bond motifs is 1. The first-order valence-corrected chi connectivity index (χ1v) is 16.8. The first-order chi connectivity index (χ1) is 23.4. The molecule has 0 radical (unpaired) electrons. The molecule has 5 amide bonds. The molecule has 0 fully saturated rings. The summed E-state index contributed by atoms with van der Waals surface area (Å²) in [5.41, 5.74) is 0.828. The van der Waals surface area contributed by atoms with Crippen LogP contribution in [0.1, 0.15) is 69.0 Å². The lowest BCUT2D eigenvalue weighted by atomic mass is 10.0. The predicted molar refractivity (Wildman–Crippen MR) is 179 cm³/mol. The highest BCUT2D eigenvalue weighted by molar-refractivity contribution is 6.29. The summed E-state index contributed by atoms with van der Waals surface area (Å²) in [6, 6.07) is 8.25. The Labute approximate surface area is 289 Å². The first-order valence-electron chi connectivity index (χ1n) is 16.4. The Morgan fingerprint density at radius 3 is 2.49 bits per heavy atom. The Morgan fingerprint density at radius 1 is 1.04 bits per heavy atom. The van der Waals surface area contributed by atoms with Crippen LogP contribution in [-0.2, 0) is 43.4 Å². The second-order valence-corrected chi connectivity index (χ2v) is 12.8. The number of amides is 5. The van der Waals surface area contributed by atoms with E-state index in [2.05, 4.69) is 36.5 Å². The topological polar surface area (TPSA) is 193 Å². The van der Waals surface area contributed by atoms with E-state index in [4.69, 9.17) is 16.1 Å². The Hall–Kier alpha value is -4.79. The number of nitrogens with one attached hydrogen (secondary N) is 4. The molecule has 1 aliphatic heterocycles. The van der Waals surface area contributed by atoms with Gasteiger partial charge in [0.15, 0.2) is 11.0 Å². The molecule has 15 nitrogen and oxygen atoms in total. The summed E-state index contributed by atoms with van der Waals surface area (Å²) < 4.78 is 6.57. The van der Waals surface area contributed by atoms with Gasteiger partial charge in [0.1, 0.15) is 30.2 Å². The number of benzene rings is 1. The van der Waals surface area contributed by atoms with Crippen LogP contribution in [0, 0.1) is 12.8 Å². The van der Waals surface area contributed by atoms with Gasteiger partial charge in [-0.3, -0.25) is 24.0 Å². The predicted octanol–water partition coefficient (Wildman–Crippen LogP) is 1.64. The van der Waals surface area contributed by atoms with E-state index in [0.717, 1.165) is 5.56 Å². The smallest absolute Gasteiger partial charge is 0.243 e. The molecular formula is C33H44ClN9O6. The van der Waals surface area contributed by atoms with Crippen molar-refractivity contribution in [3.05, 3.63) is 64.5 Å². The van der Waals surface area contributed by atoms with E-state index >= 15 is 0 Å². The summed E-state index contributed by atoms with van der Waals surface area (Å²) in [5, 5.41) is 19.6. The number of halogens is 1. The summed E-state index contributed by atoms with van der Waals surface area (Å²) in [5.74, 6) is -0.806. The van der Waals surface area contributed by atoms with Crippen LogP contribution in [0.3, 0.4) is 0 Å². The van der Waals surface area contributed by atoms with Gasteiger partial charge in [0, 0.05) is 51.4 Å². The first kappa shape index (κ1) is 37.0. The maximum atomic E-state index is 13.8. The van der Waals surface area contributed by atoms with Crippen molar-refractivity contribution in [3.8, 4) is 0 Å². The van der Waals surface area contributed by atoms with Crippen molar-refractivity contribution in [3.63, 3.8) is 0 Å². The van der Waals surface area contributed by atoms with Crippen molar-refractivity contribution < 1.29 is 28.5 Å². The second-order valence-electron chi connectivity index (χ2n) is 12.4. The van der Waals surface area contributed by atoms with Crippen LogP contribution < -0.4 is 21.3 Å². The Kier molecular flexibility index (Phi) is 13.3. The zero-order valence-corrected chi connectivity index (χ0v) is 29.0. The Morgan fingerprint density at radius 2 is 1.80 bits per heavy atom. The fourth-order valence-electron chi connectivity index (χ4n) is 5.44. The molecule has 264 valence electrons. The van der Waals surface area contributed by atoms with Gasteiger partial charge in [-0.15, -0.1) is 0 Å². The lowest BCUT2D eigenvalue weighted by Crippen LogP contribution is -2.54. The zero-order chi connectivity index (χ0) is 35.5. The summed E-state index contributed by atoms with van der Waals surface area (Å²) >= 11 is 5.83. The molecule has 4 rings (SSSR count). The van der Waals surface area contributed by atoms with Crippen molar-refractivity contribution in [2.24, 2.45) is 5.92 Å². The number of aromatic nitrogens is 4. The van der Waals surface area contributed by atoms with Crippen LogP contribution in [0.5, 0.6) is 0 Å². The monoisotopic (exact) mass is 697 g/mol. The third-order valence-corrected chi connectivity index (χ3v) is 8.21. The van der Waals surface area contributed by atoms with Crippen molar-refractivity contribution in [1.82, 2.24) is 46.1 Å². The van der Waals surface area contributed by atoms with Crippen molar-refractivity contribution in [2.75, 3.05) is 19.6 Å². The van der Waals surface area contributed by atoms with Crippen molar-refractivity contribution in [1.29, 1.82) is 0 Å². The molecule has 0 saturated heterocycles. The van der Waals surface area contributed by atoms with Crippen LogP contribution >= 0.6 is 11.6 Å². The van der Waals surface area contributed by atoms with Crippen LogP contribution in [0.4, 0.5) is 0 Å². The minimum Gasteiger partial charge on any atom is -0.360 e. The molecule has 16 heteroatoms. The van der Waals surface area contributed by atoms with Crippen LogP contribution in [-0.4, -0.2) is 86.1 Å². The number of nitrogens with zero attached hydrogens (tertiary/aromatic N) is 5. The largest absolute Gasteiger partial charge is 0.360 e. The van der Waals surface area contributed by atoms with Gasteiger partial charge >= 0.3 is 0 Å². The minimum atomic E-state index is -0.977. The average Bonchev–Trinajstić information content (AvgIpc) is 3.64. The lowest BCUT2D eigenvalue weighted by molar-refractivity contribution is -0.133. The molecular weight excluding hydrogens is 654 g/mol.